The molecule has 3 heterocycles. The van der Waals surface area contributed by atoms with Crippen molar-refractivity contribution in [2.45, 2.75) is 6.92 Å². The van der Waals surface area contributed by atoms with Crippen molar-refractivity contribution < 1.29 is 4.42 Å². The molecule has 0 spiro atoms. The molecule has 0 unspecified atom stereocenters. The Morgan fingerprint density at radius 1 is 0.531 bits per heavy atom. The summed E-state index contributed by atoms with van der Waals surface area (Å²) in [5.74, 6) is 0.921. The smallest absolute Gasteiger partial charge is 0.145 e. The van der Waals surface area contributed by atoms with Gasteiger partial charge in [0, 0.05) is 45.5 Å². The van der Waals surface area contributed by atoms with E-state index in [-0.39, 0.29) is 0 Å². The van der Waals surface area contributed by atoms with Gasteiger partial charge in [-0.2, -0.15) is 0 Å². The number of allylic oxidation sites excluding steroid dienone is 1. The summed E-state index contributed by atoms with van der Waals surface area (Å²) in [6.07, 6.45) is 5.63. The number of benzene rings is 6. The lowest BCUT2D eigenvalue weighted by atomic mass is 9.97. The normalized spacial score (nSPS) is 11.0. The van der Waals surface area contributed by atoms with Crippen LogP contribution in [-0.4, -0.2) is 14.5 Å². The van der Waals surface area contributed by atoms with Crippen LogP contribution >= 0.6 is 0 Å². The molecule has 9 aromatic rings. The van der Waals surface area contributed by atoms with Crippen LogP contribution in [0.3, 0.4) is 0 Å². The summed E-state index contributed by atoms with van der Waals surface area (Å²) >= 11 is 0. The third-order valence-corrected chi connectivity index (χ3v) is 8.67. The third-order valence-electron chi connectivity index (χ3n) is 8.67. The van der Waals surface area contributed by atoms with Crippen LogP contribution in [0.2, 0.25) is 0 Å². The molecule has 0 atom stereocenters. The Morgan fingerprint density at radius 3 is 1.94 bits per heavy atom. The molecule has 0 N–H and O–H groups in total. The molecule has 0 amide bonds. The molecule has 0 fully saturated rings. The maximum Gasteiger partial charge on any atom is 0.145 e. The number of fused-ring (bicyclic) bond motifs is 4. The number of imidazole rings is 1. The van der Waals surface area contributed by atoms with Crippen molar-refractivity contribution in [1.29, 1.82) is 0 Å². The Morgan fingerprint density at radius 2 is 1.12 bits per heavy atom. The molecular weight excluding hydrogens is 599 g/mol. The fraction of sp³-hybridized carbons (Fsp3) is 0.0222. The van der Waals surface area contributed by atoms with Gasteiger partial charge in [0.2, 0.25) is 0 Å². The van der Waals surface area contributed by atoms with Crippen molar-refractivity contribution in [3.05, 3.63) is 177 Å². The number of hydrogen-bond donors (Lipinski definition) is 0. The van der Waals surface area contributed by atoms with Gasteiger partial charge in [0.25, 0.3) is 0 Å². The Hall–Kier alpha value is -6.52. The highest BCUT2D eigenvalue weighted by atomic mass is 16.3. The van der Waals surface area contributed by atoms with Crippen LogP contribution in [0.25, 0.3) is 83.4 Å². The van der Waals surface area contributed by atoms with Crippen molar-refractivity contribution >= 4 is 33.0 Å². The molecular formula is C45H33N3O. The van der Waals surface area contributed by atoms with E-state index in [1.54, 1.807) is 6.08 Å². The lowest BCUT2D eigenvalue weighted by Gasteiger charge is -2.12. The van der Waals surface area contributed by atoms with Crippen LogP contribution < -0.4 is 0 Å². The Labute approximate surface area is 285 Å². The largest absolute Gasteiger partial charge is 0.456 e. The number of nitrogens with zero attached hydrogens (tertiary/aromatic N) is 3. The second-order valence-electron chi connectivity index (χ2n) is 11.9. The van der Waals surface area contributed by atoms with Gasteiger partial charge in [0.1, 0.15) is 17.0 Å². The number of aromatic nitrogens is 3. The molecule has 0 aliphatic heterocycles. The van der Waals surface area contributed by atoms with Gasteiger partial charge in [-0.05, 0) is 83.8 Å². The lowest BCUT2D eigenvalue weighted by molar-refractivity contribution is 0.669. The number of hydrogen-bond acceptors (Lipinski definition) is 3. The minimum atomic E-state index is 0.903. The molecule has 6 aromatic carbocycles. The fourth-order valence-electron chi connectivity index (χ4n) is 6.43. The Balaban J connectivity index is 0.00000112. The highest BCUT2D eigenvalue weighted by molar-refractivity contribution is 6.06. The second kappa shape index (κ2) is 12.9. The van der Waals surface area contributed by atoms with Gasteiger partial charge in [-0.15, -0.1) is 6.58 Å². The summed E-state index contributed by atoms with van der Waals surface area (Å²) in [6, 6.07) is 52.8. The first kappa shape index (κ1) is 29.9. The van der Waals surface area contributed by atoms with E-state index in [9.17, 15) is 0 Å². The van der Waals surface area contributed by atoms with Crippen LogP contribution in [0.4, 0.5) is 0 Å². The molecule has 9 rings (SSSR count). The lowest BCUT2D eigenvalue weighted by Crippen LogP contribution is -1.98. The summed E-state index contributed by atoms with van der Waals surface area (Å²) < 4.78 is 8.31. The number of furan rings is 1. The van der Waals surface area contributed by atoms with Crippen LogP contribution in [-0.2, 0) is 0 Å². The van der Waals surface area contributed by atoms with E-state index in [1.807, 2.05) is 43.6 Å². The van der Waals surface area contributed by atoms with Gasteiger partial charge in [-0.25, -0.2) is 4.98 Å². The second-order valence-corrected chi connectivity index (χ2v) is 11.9. The van der Waals surface area contributed by atoms with E-state index in [1.165, 1.54) is 0 Å². The maximum absolute atomic E-state index is 6.06. The van der Waals surface area contributed by atoms with Crippen LogP contribution in [0.1, 0.15) is 6.92 Å². The van der Waals surface area contributed by atoms with Crippen LogP contribution in [0.15, 0.2) is 181 Å². The molecule has 234 valence electrons. The Kier molecular flexibility index (Phi) is 7.88. The number of para-hydroxylation sites is 3. The standard InChI is InChI=1S/C42H27N3O.C3H6/c1-2-10-28(11-3-1)42-44-38-17-5-6-18-39(38)45(42)35-15-9-14-31(24-35)34-23-33(26-43-27-34)30-13-8-12-29(22-30)32-20-21-41-37(25-32)36-16-4-7-19-40(36)46-41;1-3-2/h1-27H;3H,1H2,2H3. The summed E-state index contributed by atoms with van der Waals surface area (Å²) in [5.41, 5.74) is 12.6. The topological polar surface area (TPSA) is 43.9 Å². The summed E-state index contributed by atoms with van der Waals surface area (Å²) in [6.45, 7) is 5.25. The predicted octanol–water partition coefficient (Wildman–Crippen LogP) is 12.2. The van der Waals surface area contributed by atoms with Crippen molar-refractivity contribution in [2.24, 2.45) is 0 Å². The first-order valence-corrected chi connectivity index (χ1v) is 16.4. The molecule has 0 aliphatic rings. The average Bonchev–Trinajstić information content (AvgIpc) is 3.74. The van der Waals surface area contributed by atoms with E-state index >= 15 is 0 Å². The molecule has 49 heavy (non-hydrogen) atoms. The minimum Gasteiger partial charge on any atom is -0.456 e. The zero-order valence-electron chi connectivity index (χ0n) is 27.1. The summed E-state index contributed by atoms with van der Waals surface area (Å²) in [5, 5.41) is 2.26. The highest BCUT2D eigenvalue weighted by Gasteiger charge is 2.15. The molecule has 3 aromatic heterocycles. The SMILES string of the molecule is C=CC.c1ccc(-c2nc3ccccc3n2-c2cccc(-c3cncc(-c4cccc(-c5ccc6oc7ccccc7c6c5)c4)c3)c2)cc1. The van der Waals surface area contributed by atoms with E-state index in [4.69, 9.17) is 9.40 Å². The van der Waals surface area contributed by atoms with E-state index in [2.05, 4.69) is 144 Å². The summed E-state index contributed by atoms with van der Waals surface area (Å²) in [4.78, 5) is 9.71. The molecule has 0 saturated carbocycles. The summed E-state index contributed by atoms with van der Waals surface area (Å²) in [7, 11) is 0. The van der Waals surface area contributed by atoms with Gasteiger partial charge >= 0.3 is 0 Å². The minimum absolute atomic E-state index is 0.903. The molecule has 0 radical (unpaired) electrons. The van der Waals surface area contributed by atoms with Gasteiger partial charge in [0.15, 0.2) is 0 Å². The first-order valence-electron chi connectivity index (χ1n) is 16.4. The molecule has 0 aliphatic carbocycles. The molecule has 4 nitrogen and oxygen atoms in total. The maximum atomic E-state index is 6.06. The monoisotopic (exact) mass is 631 g/mol. The van der Waals surface area contributed by atoms with Crippen LogP contribution in [0.5, 0.6) is 0 Å². The van der Waals surface area contributed by atoms with Gasteiger partial charge in [-0.1, -0.05) is 103 Å². The zero-order valence-corrected chi connectivity index (χ0v) is 27.1. The van der Waals surface area contributed by atoms with Crippen molar-refractivity contribution in [1.82, 2.24) is 14.5 Å². The third kappa shape index (κ3) is 5.70. The van der Waals surface area contributed by atoms with Gasteiger partial charge in [0.05, 0.1) is 11.0 Å². The number of pyridine rings is 1. The van der Waals surface area contributed by atoms with Crippen molar-refractivity contribution in [3.63, 3.8) is 0 Å². The number of rotatable bonds is 5. The first-order chi connectivity index (χ1) is 24.2. The molecule has 0 saturated heterocycles. The predicted molar refractivity (Wildman–Crippen MR) is 204 cm³/mol. The highest BCUT2D eigenvalue weighted by Crippen LogP contribution is 2.35. The van der Waals surface area contributed by atoms with E-state index in [0.717, 1.165) is 83.4 Å². The van der Waals surface area contributed by atoms with Gasteiger partial charge < -0.3 is 4.42 Å². The van der Waals surface area contributed by atoms with E-state index in [0.29, 0.717) is 0 Å². The molecule has 4 heteroatoms. The van der Waals surface area contributed by atoms with Crippen molar-refractivity contribution in [2.75, 3.05) is 0 Å². The van der Waals surface area contributed by atoms with Crippen molar-refractivity contribution in [3.8, 4) is 50.5 Å². The van der Waals surface area contributed by atoms with Crippen LogP contribution in [0, 0.1) is 0 Å². The molecule has 0 bridgehead atoms. The Bertz CT molecular complexity index is 2590. The van der Waals surface area contributed by atoms with Gasteiger partial charge in [-0.3, -0.25) is 9.55 Å². The fourth-order valence-corrected chi connectivity index (χ4v) is 6.43. The quantitative estimate of drug-likeness (QED) is 0.178. The van der Waals surface area contributed by atoms with E-state index < -0.39 is 0 Å². The average molecular weight is 632 g/mol. The zero-order chi connectivity index (χ0) is 33.2.